The Bertz CT molecular complexity index is 1370. The molecule has 190 valence electrons. The number of esters is 1. The van der Waals surface area contributed by atoms with E-state index >= 15 is 0 Å². The second-order valence-corrected chi connectivity index (χ2v) is 9.11. The molecule has 0 saturated heterocycles. The minimum absolute atomic E-state index is 0.108. The molecule has 0 spiro atoms. The van der Waals surface area contributed by atoms with Crippen LogP contribution in [0, 0.1) is 6.92 Å². The molecule has 0 atom stereocenters. The molecule has 1 aliphatic heterocycles. The number of methoxy groups -OCH3 is 2. The minimum atomic E-state index is -0.534. The molecular weight excluding hydrogens is 492 g/mol. The number of amides is 2. The predicted molar refractivity (Wildman–Crippen MR) is 142 cm³/mol. The van der Waals surface area contributed by atoms with E-state index in [1.165, 1.54) is 38.1 Å². The maximum atomic E-state index is 13.7. The molecule has 1 heterocycles. The van der Waals surface area contributed by atoms with Crippen molar-refractivity contribution in [1.82, 2.24) is 0 Å². The van der Waals surface area contributed by atoms with Crippen molar-refractivity contribution in [2.45, 2.75) is 18.7 Å². The Balaban J connectivity index is 1.73. The maximum absolute atomic E-state index is 13.7. The fraction of sp³-hybridized carbons (Fsp3) is 0.179. The highest BCUT2D eigenvalue weighted by Gasteiger charge is 2.40. The highest BCUT2D eigenvalue weighted by molar-refractivity contribution is 8.04. The van der Waals surface area contributed by atoms with Crippen molar-refractivity contribution >= 4 is 40.9 Å². The summed E-state index contributed by atoms with van der Waals surface area (Å²) in [6.45, 7) is 3.94. The lowest BCUT2D eigenvalue weighted by Gasteiger charge is -2.16. The fourth-order valence-electron chi connectivity index (χ4n) is 3.68. The van der Waals surface area contributed by atoms with Crippen molar-refractivity contribution in [3.05, 3.63) is 88.5 Å². The van der Waals surface area contributed by atoms with Crippen LogP contribution in [0.2, 0.25) is 0 Å². The predicted octanol–water partition coefficient (Wildman–Crippen LogP) is 5.18. The van der Waals surface area contributed by atoms with Crippen molar-refractivity contribution in [2.24, 2.45) is 0 Å². The summed E-state index contributed by atoms with van der Waals surface area (Å²) in [5, 5.41) is 3.11. The second-order valence-electron chi connectivity index (χ2n) is 8.02. The van der Waals surface area contributed by atoms with E-state index in [2.05, 4.69) is 5.32 Å². The van der Waals surface area contributed by atoms with Gasteiger partial charge in [-0.3, -0.25) is 9.59 Å². The SMILES string of the molecule is CCOC(=O)c1ccc(N2C(=O)C(Nc3cc(OC)ccc3OC)=C(Sc3ccc(C)cc3)C2=O)cc1. The molecule has 9 heteroatoms. The summed E-state index contributed by atoms with van der Waals surface area (Å²) in [7, 11) is 3.05. The molecule has 0 radical (unpaired) electrons. The van der Waals surface area contributed by atoms with Crippen LogP contribution in [0.1, 0.15) is 22.8 Å². The highest BCUT2D eigenvalue weighted by Crippen LogP contribution is 2.39. The van der Waals surface area contributed by atoms with Crippen LogP contribution in [-0.4, -0.2) is 38.6 Å². The third-order valence-electron chi connectivity index (χ3n) is 5.59. The fourth-order valence-corrected chi connectivity index (χ4v) is 4.61. The first kappa shape index (κ1) is 25.8. The van der Waals surface area contributed by atoms with E-state index in [1.54, 1.807) is 37.3 Å². The van der Waals surface area contributed by atoms with Gasteiger partial charge < -0.3 is 19.5 Å². The summed E-state index contributed by atoms with van der Waals surface area (Å²) in [6, 6.07) is 18.9. The number of thioether (sulfide) groups is 1. The number of rotatable bonds is 9. The summed E-state index contributed by atoms with van der Waals surface area (Å²) < 4.78 is 15.8. The second kappa shape index (κ2) is 11.2. The van der Waals surface area contributed by atoms with Gasteiger partial charge in [-0.05, 0) is 62.4 Å². The molecule has 1 N–H and O–H groups in total. The van der Waals surface area contributed by atoms with Crippen LogP contribution < -0.4 is 19.7 Å². The van der Waals surface area contributed by atoms with Gasteiger partial charge >= 0.3 is 5.97 Å². The van der Waals surface area contributed by atoms with Crippen molar-refractivity contribution < 1.29 is 28.6 Å². The molecule has 4 rings (SSSR count). The Morgan fingerprint density at radius 2 is 1.62 bits per heavy atom. The number of anilines is 2. The van der Waals surface area contributed by atoms with Crippen LogP contribution in [0.5, 0.6) is 11.5 Å². The number of nitrogens with one attached hydrogen (secondary N) is 1. The molecule has 3 aromatic rings. The smallest absolute Gasteiger partial charge is 0.338 e. The molecule has 1 aliphatic rings. The van der Waals surface area contributed by atoms with Crippen molar-refractivity contribution in [2.75, 3.05) is 31.0 Å². The quantitative estimate of drug-likeness (QED) is 0.306. The van der Waals surface area contributed by atoms with Gasteiger partial charge in [0.2, 0.25) is 0 Å². The van der Waals surface area contributed by atoms with Crippen molar-refractivity contribution in [3.63, 3.8) is 0 Å². The van der Waals surface area contributed by atoms with Crippen molar-refractivity contribution in [3.8, 4) is 11.5 Å². The monoisotopic (exact) mass is 518 g/mol. The number of aryl methyl sites for hydroxylation is 1. The molecule has 8 nitrogen and oxygen atoms in total. The van der Waals surface area contributed by atoms with E-state index in [1.807, 2.05) is 31.2 Å². The molecule has 0 saturated carbocycles. The number of hydrogen-bond acceptors (Lipinski definition) is 8. The average molecular weight is 519 g/mol. The summed E-state index contributed by atoms with van der Waals surface area (Å²) in [5.74, 6) is -0.461. The zero-order chi connectivity index (χ0) is 26.5. The summed E-state index contributed by atoms with van der Waals surface area (Å²) in [5.41, 5.74) is 2.32. The Morgan fingerprint density at radius 3 is 2.24 bits per heavy atom. The number of hydrogen-bond donors (Lipinski definition) is 1. The van der Waals surface area contributed by atoms with E-state index in [-0.39, 0.29) is 17.2 Å². The lowest BCUT2D eigenvalue weighted by Crippen LogP contribution is -2.32. The molecule has 3 aromatic carbocycles. The third-order valence-corrected chi connectivity index (χ3v) is 6.68. The van der Waals surface area contributed by atoms with E-state index in [0.29, 0.717) is 28.4 Å². The summed E-state index contributed by atoms with van der Waals surface area (Å²) in [4.78, 5) is 41.4. The molecule has 0 aromatic heterocycles. The van der Waals surface area contributed by atoms with E-state index in [0.717, 1.165) is 15.4 Å². The van der Waals surface area contributed by atoms with Crippen LogP contribution in [0.3, 0.4) is 0 Å². The minimum Gasteiger partial charge on any atom is -0.497 e. The number of carbonyl (C=O) groups excluding carboxylic acids is 3. The van der Waals surface area contributed by atoms with Gasteiger partial charge in [-0.1, -0.05) is 29.5 Å². The topological polar surface area (TPSA) is 94.2 Å². The van der Waals surface area contributed by atoms with Crippen LogP contribution in [0.15, 0.2) is 82.2 Å². The number of carbonyl (C=O) groups is 3. The van der Waals surface area contributed by atoms with Crippen molar-refractivity contribution in [1.29, 1.82) is 0 Å². The molecule has 0 fully saturated rings. The van der Waals surface area contributed by atoms with Gasteiger partial charge in [-0.25, -0.2) is 9.69 Å². The largest absolute Gasteiger partial charge is 0.497 e. The molecular formula is C28H26N2O6S. The number of nitrogens with zero attached hydrogens (tertiary/aromatic N) is 1. The van der Waals surface area contributed by atoms with Gasteiger partial charge in [0.25, 0.3) is 11.8 Å². The van der Waals surface area contributed by atoms with E-state index in [9.17, 15) is 14.4 Å². The molecule has 2 amide bonds. The third kappa shape index (κ3) is 5.46. The van der Waals surface area contributed by atoms with Gasteiger partial charge in [0.1, 0.15) is 22.1 Å². The first-order valence-corrected chi connectivity index (χ1v) is 12.3. The summed E-state index contributed by atoms with van der Waals surface area (Å²) >= 11 is 1.19. The number of ether oxygens (including phenoxy) is 3. The Morgan fingerprint density at radius 1 is 0.919 bits per heavy atom. The van der Waals surface area contributed by atoms with Crippen LogP contribution in [0.4, 0.5) is 11.4 Å². The average Bonchev–Trinajstić information content (AvgIpc) is 3.13. The zero-order valence-corrected chi connectivity index (χ0v) is 21.7. The summed E-state index contributed by atoms with van der Waals surface area (Å²) in [6.07, 6.45) is 0. The van der Waals surface area contributed by atoms with E-state index in [4.69, 9.17) is 14.2 Å². The molecule has 0 unspecified atom stereocenters. The lowest BCUT2D eigenvalue weighted by molar-refractivity contribution is -0.120. The molecule has 0 aliphatic carbocycles. The Labute approximate surface area is 219 Å². The van der Waals surface area contributed by atoms with Crippen LogP contribution in [0.25, 0.3) is 0 Å². The van der Waals surface area contributed by atoms with Gasteiger partial charge in [0.05, 0.1) is 37.8 Å². The molecule has 0 bridgehead atoms. The number of benzene rings is 3. The number of imide groups is 1. The van der Waals surface area contributed by atoms with E-state index < -0.39 is 17.8 Å². The first-order chi connectivity index (χ1) is 17.9. The maximum Gasteiger partial charge on any atom is 0.338 e. The van der Waals surface area contributed by atoms with Crippen LogP contribution in [-0.2, 0) is 14.3 Å². The standard InChI is InChI=1S/C28H26N2O6S/c1-5-36-28(33)18-8-10-19(11-9-18)30-26(31)24(29-22-16-20(34-3)12-15-23(22)35-4)25(27(30)32)37-21-13-6-17(2)7-14-21/h6-16,29H,5H2,1-4H3. The highest BCUT2D eigenvalue weighted by atomic mass is 32.2. The Hall–Kier alpha value is -4.24. The van der Waals surface area contributed by atoms with Crippen LogP contribution >= 0.6 is 11.8 Å². The van der Waals surface area contributed by atoms with Gasteiger partial charge in [0, 0.05) is 11.0 Å². The lowest BCUT2D eigenvalue weighted by atomic mass is 10.2. The molecule has 37 heavy (non-hydrogen) atoms. The normalized spacial score (nSPS) is 13.1. The Kier molecular flexibility index (Phi) is 7.83. The van der Waals surface area contributed by atoms with Gasteiger partial charge in [-0.2, -0.15) is 0 Å². The first-order valence-electron chi connectivity index (χ1n) is 11.5. The van der Waals surface area contributed by atoms with Gasteiger partial charge in [-0.15, -0.1) is 0 Å². The zero-order valence-electron chi connectivity index (χ0n) is 20.9. The van der Waals surface area contributed by atoms with Gasteiger partial charge in [0.15, 0.2) is 0 Å².